The fraction of sp³-hybridized carbons (Fsp3) is 0.583. The van der Waals surface area contributed by atoms with Gasteiger partial charge in [-0.15, -0.1) is 0 Å². The molecule has 0 bridgehead atoms. The number of fused-ring (bicyclic) bond motifs is 2. The van der Waals surface area contributed by atoms with Crippen molar-refractivity contribution in [2.45, 2.75) is 96.8 Å². The van der Waals surface area contributed by atoms with Gasteiger partial charge in [-0.05, 0) is 18.6 Å². The molecule has 0 fully saturated rings. The Hall–Kier alpha value is -4.35. The van der Waals surface area contributed by atoms with Crippen LogP contribution in [0.5, 0.6) is 34.5 Å². The first-order valence-electron chi connectivity index (χ1n) is 16.7. The molecule has 48 heavy (non-hydrogen) atoms. The molecule has 0 saturated heterocycles. The standard InChI is InChI=1S/C20H18O10.C16H32O2/c1-23-11-5-9(19(21)25-3)13(17-15(11)27-7-29-17)14-10(20(22)26-4)6-12(24-2)16-18(14)30-8-28-16;1-2-3-4-5-6-7-8-9-10-11-12-13-14-15-16(17)18/h5-6H,7-8H2,1-4H3;2-15H2,1H3,(H,17,18). The summed E-state index contributed by atoms with van der Waals surface area (Å²) in [5.74, 6) is -0.522. The highest BCUT2D eigenvalue weighted by atomic mass is 16.7. The number of aliphatic carboxylic acids is 1. The number of carboxylic acid groups (broad SMARTS) is 1. The summed E-state index contributed by atoms with van der Waals surface area (Å²) in [6, 6.07) is 2.89. The van der Waals surface area contributed by atoms with E-state index in [1.165, 1.54) is 111 Å². The molecule has 12 heteroatoms. The lowest BCUT2D eigenvalue weighted by Crippen LogP contribution is -2.10. The Balaban J connectivity index is 0.000000300. The summed E-state index contributed by atoms with van der Waals surface area (Å²) in [7, 11) is 5.34. The van der Waals surface area contributed by atoms with Gasteiger partial charge in [0, 0.05) is 17.5 Å². The van der Waals surface area contributed by atoms with Crippen molar-refractivity contribution >= 4 is 17.9 Å². The zero-order valence-electron chi connectivity index (χ0n) is 28.9. The van der Waals surface area contributed by atoms with Crippen LogP contribution in [0.4, 0.5) is 0 Å². The highest BCUT2D eigenvalue weighted by Gasteiger charge is 2.37. The summed E-state index contributed by atoms with van der Waals surface area (Å²) < 4.78 is 42.9. The van der Waals surface area contributed by atoms with Crippen LogP contribution in [0.2, 0.25) is 0 Å². The second kappa shape index (κ2) is 20.1. The van der Waals surface area contributed by atoms with Crippen LogP contribution in [0, 0.1) is 0 Å². The van der Waals surface area contributed by atoms with E-state index >= 15 is 0 Å². The highest BCUT2D eigenvalue weighted by Crippen LogP contribution is 2.56. The van der Waals surface area contributed by atoms with E-state index in [1.54, 1.807) is 0 Å². The molecule has 0 unspecified atom stereocenters. The maximum Gasteiger partial charge on any atom is 0.338 e. The Bertz CT molecular complexity index is 1290. The molecule has 2 aliphatic rings. The smallest absolute Gasteiger partial charge is 0.338 e. The molecule has 12 nitrogen and oxygen atoms in total. The van der Waals surface area contributed by atoms with Crippen LogP contribution >= 0.6 is 0 Å². The van der Waals surface area contributed by atoms with Crippen molar-refractivity contribution < 1.29 is 57.4 Å². The van der Waals surface area contributed by atoms with E-state index in [1.807, 2.05) is 0 Å². The van der Waals surface area contributed by atoms with Crippen molar-refractivity contribution in [2.75, 3.05) is 42.0 Å². The highest BCUT2D eigenvalue weighted by molar-refractivity contribution is 6.08. The van der Waals surface area contributed by atoms with Crippen LogP contribution in [-0.2, 0) is 14.3 Å². The molecule has 1 N–H and O–H groups in total. The van der Waals surface area contributed by atoms with Gasteiger partial charge in [0.25, 0.3) is 0 Å². The number of rotatable bonds is 19. The van der Waals surface area contributed by atoms with E-state index in [-0.39, 0.29) is 70.3 Å². The molecule has 0 spiro atoms. The zero-order valence-corrected chi connectivity index (χ0v) is 28.9. The number of carboxylic acids is 1. The maximum absolute atomic E-state index is 12.7. The van der Waals surface area contributed by atoms with Crippen LogP contribution in [0.25, 0.3) is 11.1 Å². The summed E-state index contributed by atoms with van der Waals surface area (Å²) in [5.41, 5.74) is 0.596. The number of esters is 2. The Morgan fingerprint density at radius 1 is 0.583 bits per heavy atom. The van der Waals surface area contributed by atoms with Gasteiger partial charge in [0.1, 0.15) is 0 Å². The Morgan fingerprint density at radius 2 is 0.938 bits per heavy atom. The van der Waals surface area contributed by atoms with E-state index in [9.17, 15) is 14.4 Å². The summed E-state index contributed by atoms with van der Waals surface area (Å²) >= 11 is 0. The van der Waals surface area contributed by atoms with Crippen molar-refractivity contribution in [2.24, 2.45) is 0 Å². The molecule has 266 valence electrons. The molecule has 0 amide bonds. The third-order valence-electron chi connectivity index (χ3n) is 8.21. The van der Waals surface area contributed by atoms with E-state index in [2.05, 4.69) is 6.92 Å². The number of ether oxygens (including phenoxy) is 8. The molecule has 0 aliphatic carbocycles. The van der Waals surface area contributed by atoms with Gasteiger partial charge >= 0.3 is 17.9 Å². The predicted molar refractivity (Wildman–Crippen MR) is 178 cm³/mol. The van der Waals surface area contributed by atoms with E-state index < -0.39 is 17.9 Å². The average Bonchev–Trinajstić information content (AvgIpc) is 3.79. The molecule has 0 saturated carbocycles. The average molecular weight is 675 g/mol. The van der Waals surface area contributed by atoms with Gasteiger partial charge in [-0.2, -0.15) is 0 Å². The minimum Gasteiger partial charge on any atom is -0.493 e. The lowest BCUT2D eigenvalue weighted by atomic mass is 9.92. The number of methoxy groups -OCH3 is 4. The third kappa shape index (κ3) is 10.1. The summed E-state index contributed by atoms with van der Waals surface area (Å²) in [5, 5.41) is 8.49. The van der Waals surface area contributed by atoms with Crippen molar-refractivity contribution in [1.82, 2.24) is 0 Å². The monoisotopic (exact) mass is 674 g/mol. The van der Waals surface area contributed by atoms with Crippen LogP contribution in [0.3, 0.4) is 0 Å². The first-order valence-corrected chi connectivity index (χ1v) is 16.7. The Labute approximate surface area is 282 Å². The molecule has 0 aromatic heterocycles. The Morgan fingerprint density at radius 3 is 1.27 bits per heavy atom. The molecule has 2 aromatic rings. The fourth-order valence-electron chi connectivity index (χ4n) is 5.71. The van der Waals surface area contributed by atoms with Gasteiger partial charge in [-0.1, -0.05) is 84.0 Å². The molecule has 4 rings (SSSR count). The first kappa shape index (κ1) is 38.1. The lowest BCUT2D eigenvalue weighted by molar-refractivity contribution is -0.137. The molecular formula is C36H50O12. The predicted octanol–water partition coefficient (Wildman–Crippen LogP) is 7.95. The zero-order chi connectivity index (χ0) is 34.9. The Kier molecular flexibility index (Phi) is 16.0. The number of carbonyl (C=O) groups excluding carboxylic acids is 2. The number of hydrogen-bond acceptors (Lipinski definition) is 11. The van der Waals surface area contributed by atoms with Crippen LogP contribution in [-0.4, -0.2) is 65.0 Å². The van der Waals surface area contributed by atoms with E-state index in [0.717, 1.165) is 12.8 Å². The summed E-state index contributed by atoms with van der Waals surface area (Å²) in [6.07, 6.45) is 17.3. The number of carbonyl (C=O) groups is 3. The van der Waals surface area contributed by atoms with E-state index in [0.29, 0.717) is 6.42 Å². The van der Waals surface area contributed by atoms with Gasteiger partial charge in [0.15, 0.2) is 23.0 Å². The van der Waals surface area contributed by atoms with Gasteiger partial charge in [-0.3, -0.25) is 4.79 Å². The third-order valence-corrected chi connectivity index (χ3v) is 8.21. The van der Waals surface area contributed by atoms with Crippen LogP contribution in [0.15, 0.2) is 12.1 Å². The van der Waals surface area contributed by atoms with Crippen molar-refractivity contribution in [3.8, 4) is 45.6 Å². The van der Waals surface area contributed by atoms with Crippen molar-refractivity contribution in [3.63, 3.8) is 0 Å². The van der Waals surface area contributed by atoms with Crippen LogP contribution < -0.4 is 28.4 Å². The minimum atomic E-state index is -0.680. The molecule has 2 aromatic carbocycles. The number of hydrogen-bond donors (Lipinski definition) is 1. The summed E-state index contributed by atoms with van der Waals surface area (Å²) in [4.78, 5) is 35.6. The second-order valence-corrected chi connectivity index (χ2v) is 11.5. The quantitative estimate of drug-likeness (QED) is 0.114. The van der Waals surface area contributed by atoms with Crippen molar-refractivity contribution in [1.29, 1.82) is 0 Å². The van der Waals surface area contributed by atoms with Crippen LogP contribution in [0.1, 0.15) is 118 Å². The summed E-state index contributed by atoms with van der Waals surface area (Å²) in [6.45, 7) is 2.05. The molecule has 0 radical (unpaired) electrons. The molecular weight excluding hydrogens is 624 g/mol. The van der Waals surface area contributed by atoms with Gasteiger partial charge in [0.05, 0.1) is 39.6 Å². The molecule has 2 aliphatic heterocycles. The lowest BCUT2D eigenvalue weighted by Gasteiger charge is -2.18. The first-order chi connectivity index (χ1) is 23.3. The van der Waals surface area contributed by atoms with Crippen molar-refractivity contribution in [3.05, 3.63) is 23.3 Å². The number of benzene rings is 2. The number of unbranched alkanes of at least 4 members (excludes halogenated alkanes) is 12. The molecule has 2 heterocycles. The fourth-order valence-corrected chi connectivity index (χ4v) is 5.71. The largest absolute Gasteiger partial charge is 0.493 e. The van der Waals surface area contributed by atoms with Gasteiger partial charge in [0.2, 0.25) is 25.1 Å². The van der Waals surface area contributed by atoms with E-state index in [4.69, 9.17) is 43.0 Å². The second-order valence-electron chi connectivity index (χ2n) is 11.5. The molecule has 0 atom stereocenters. The van der Waals surface area contributed by atoms with Gasteiger partial charge in [-0.25, -0.2) is 9.59 Å². The maximum atomic E-state index is 12.7. The van der Waals surface area contributed by atoms with Gasteiger partial charge < -0.3 is 43.0 Å². The SMILES string of the molecule is CCCCCCCCCCCCCCCC(=O)O.COC(=O)c1cc(OC)c2c(c1-c1c(C(=O)OC)cc(OC)c3c1OCO3)OCO2. The normalized spacial score (nSPS) is 12.2. The topological polar surface area (TPSA) is 145 Å². The minimum absolute atomic E-state index is 0.0756.